The largest absolute Gasteiger partial charge is 0.353 e. The smallest absolute Gasteiger partial charge is 0.0684 e. The molecule has 102 valence electrons. The monoisotopic (exact) mass is 264 g/mol. The van der Waals surface area contributed by atoms with Crippen LogP contribution in [0, 0.1) is 12.3 Å². The van der Waals surface area contributed by atoms with E-state index in [0.717, 1.165) is 18.5 Å². The fourth-order valence-electron chi connectivity index (χ4n) is 3.62. The highest BCUT2D eigenvalue weighted by Gasteiger charge is 2.28. The Morgan fingerprint density at radius 1 is 1.20 bits per heavy atom. The highest BCUT2D eigenvalue weighted by atomic mass is 14.8. The van der Waals surface area contributed by atoms with Crippen molar-refractivity contribution in [1.29, 1.82) is 0 Å². The van der Waals surface area contributed by atoms with E-state index in [1.54, 1.807) is 0 Å². The van der Waals surface area contributed by atoms with Gasteiger partial charge in [0.15, 0.2) is 0 Å². The van der Waals surface area contributed by atoms with Gasteiger partial charge in [-0.05, 0) is 43.2 Å². The molecule has 0 unspecified atom stereocenters. The zero-order valence-corrected chi connectivity index (χ0v) is 12.4. The van der Waals surface area contributed by atoms with Crippen LogP contribution in [0.2, 0.25) is 0 Å². The lowest BCUT2D eigenvalue weighted by Crippen LogP contribution is -2.23. The van der Waals surface area contributed by atoms with Crippen LogP contribution in [0.4, 0.5) is 0 Å². The lowest BCUT2D eigenvalue weighted by atomic mass is 9.75. The van der Waals surface area contributed by atoms with E-state index in [2.05, 4.69) is 50.0 Å². The highest BCUT2D eigenvalue weighted by molar-refractivity contribution is 6.09. The molecule has 0 atom stereocenters. The van der Waals surface area contributed by atoms with E-state index < -0.39 is 0 Å². The summed E-state index contributed by atoms with van der Waals surface area (Å²) in [5, 5.41) is 2.77. The highest BCUT2D eigenvalue weighted by Crippen LogP contribution is 2.39. The lowest BCUT2D eigenvalue weighted by Gasteiger charge is -2.31. The molecule has 0 spiro atoms. The molecule has 3 aromatic rings. The van der Waals surface area contributed by atoms with Crippen molar-refractivity contribution in [2.75, 3.05) is 0 Å². The average molecular weight is 264 g/mol. The van der Waals surface area contributed by atoms with Gasteiger partial charge in [-0.25, -0.2) is 0 Å². The number of pyridine rings is 1. The van der Waals surface area contributed by atoms with Crippen LogP contribution in [0.5, 0.6) is 0 Å². The zero-order chi connectivity index (χ0) is 13.9. The Bertz CT molecular complexity index is 824. The molecule has 0 saturated heterocycles. The number of aromatic nitrogens is 2. The predicted molar refractivity (Wildman–Crippen MR) is 84.1 cm³/mol. The Kier molecular flexibility index (Phi) is 2.30. The number of aromatic amines is 1. The molecule has 1 N–H and O–H groups in total. The SMILES string of the molecule is Cc1nc2c(c3c1[nH]c1ccccc13)CCC(C)(C)C2. The summed E-state index contributed by atoms with van der Waals surface area (Å²) in [5.74, 6) is 0. The number of para-hydroxylation sites is 1. The second kappa shape index (κ2) is 3.85. The van der Waals surface area contributed by atoms with E-state index in [1.165, 1.54) is 39.5 Å². The molecule has 0 saturated carbocycles. The summed E-state index contributed by atoms with van der Waals surface area (Å²) in [6.07, 6.45) is 3.49. The van der Waals surface area contributed by atoms with Crippen molar-refractivity contribution in [2.45, 2.75) is 40.0 Å². The molecule has 1 aliphatic rings. The Balaban J connectivity index is 2.12. The van der Waals surface area contributed by atoms with Crippen molar-refractivity contribution in [3.8, 4) is 0 Å². The molecule has 0 bridgehead atoms. The third kappa shape index (κ3) is 1.60. The molecule has 1 aliphatic carbocycles. The summed E-state index contributed by atoms with van der Waals surface area (Å²) in [6.45, 7) is 6.83. The molecule has 0 amide bonds. The van der Waals surface area contributed by atoms with Gasteiger partial charge < -0.3 is 4.98 Å². The van der Waals surface area contributed by atoms with Crippen LogP contribution in [0.15, 0.2) is 24.3 Å². The minimum atomic E-state index is 0.381. The Hall–Kier alpha value is -1.83. The summed E-state index contributed by atoms with van der Waals surface area (Å²) in [5.41, 5.74) is 6.76. The molecule has 2 aromatic heterocycles. The maximum atomic E-state index is 4.90. The molecule has 0 radical (unpaired) electrons. The predicted octanol–water partition coefficient (Wildman–Crippen LogP) is 4.54. The minimum absolute atomic E-state index is 0.381. The van der Waals surface area contributed by atoms with Gasteiger partial charge in [0.25, 0.3) is 0 Å². The van der Waals surface area contributed by atoms with Crippen molar-refractivity contribution >= 4 is 21.8 Å². The first-order chi connectivity index (χ1) is 9.55. The van der Waals surface area contributed by atoms with E-state index in [0.29, 0.717) is 5.41 Å². The van der Waals surface area contributed by atoms with Gasteiger partial charge in [0.05, 0.1) is 11.2 Å². The topological polar surface area (TPSA) is 28.7 Å². The molecule has 4 rings (SSSR count). The van der Waals surface area contributed by atoms with Crippen molar-refractivity contribution in [3.05, 3.63) is 41.2 Å². The van der Waals surface area contributed by atoms with Gasteiger partial charge in [-0.1, -0.05) is 32.0 Å². The first kappa shape index (κ1) is 12.0. The molecular formula is C18H20N2. The molecule has 2 nitrogen and oxygen atoms in total. The number of aryl methyl sites for hydroxylation is 2. The van der Waals surface area contributed by atoms with Crippen LogP contribution < -0.4 is 0 Å². The molecule has 20 heavy (non-hydrogen) atoms. The number of hydrogen-bond acceptors (Lipinski definition) is 1. The van der Waals surface area contributed by atoms with Gasteiger partial charge >= 0.3 is 0 Å². The number of hydrogen-bond donors (Lipinski definition) is 1. The summed E-state index contributed by atoms with van der Waals surface area (Å²) in [7, 11) is 0. The van der Waals surface area contributed by atoms with Gasteiger partial charge in [-0.15, -0.1) is 0 Å². The van der Waals surface area contributed by atoms with Crippen LogP contribution in [-0.2, 0) is 12.8 Å². The van der Waals surface area contributed by atoms with Crippen molar-refractivity contribution in [1.82, 2.24) is 9.97 Å². The molecular weight excluding hydrogens is 244 g/mol. The van der Waals surface area contributed by atoms with Crippen molar-refractivity contribution in [2.24, 2.45) is 5.41 Å². The van der Waals surface area contributed by atoms with E-state index in [4.69, 9.17) is 4.98 Å². The van der Waals surface area contributed by atoms with E-state index in [-0.39, 0.29) is 0 Å². The fourth-order valence-corrected chi connectivity index (χ4v) is 3.62. The second-order valence-corrected chi connectivity index (χ2v) is 6.88. The fraction of sp³-hybridized carbons (Fsp3) is 0.389. The number of fused-ring (bicyclic) bond motifs is 5. The van der Waals surface area contributed by atoms with Gasteiger partial charge in [0, 0.05) is 22.0 Å². The van der Waals surface area contributed by atoms with Crippen LogP contribution in [-0.4, -0.2) is 9.97 Å². The number of nitrogens with one attached hydrogen (secondary N) is 1. The zero-order valence-electron chi connectivity index (χ0n) is 12.4. The molecule has 2 heterocycles. The quantitative estimate of drug-likeness (QED) is 0.634. The van der Waals surface area contributed by atoms with E-state index >= 15 is 0 Å². The van der Waals surface area contributed by atoms with Gasteiger partial charge in [0.1, 0.15) is 0 Å². The van der Waals surface area contributed by atoms with E-state index in [9.17, 15) is 0 Å². The number of nitrogens with zero attached hydrogens (tertiary/aromatic N) is 1. The number of benzene rings is 1. The standard InChI is InChI=1S/C18H20N2/c1-11-17-16(12-6-4-5-7-14(12)20-17)13-8-9-18(2,3)10-15(13)19-11/h4-7,20H,8-10H2,1-3H3. The van der Waals surface area contributed by atoms with E-state index in [1.807, 2.05) is 0 Å². The van der Waals surface area contributed by atoms with Crippen molar-refractivity contribution < 1.29 is 0 Å². The van der Waals surface area contributed by atoms with Crippen molar-refractivity contribution in [3.63, 3.8) is 0 Å². The Labute approximate surface area is 119 Å². The molecule has 1 aromatic carbocycles. The third-order valence-corrected chi connectivity index (χ3v) is 4.72. The Morgan fingerprint density at radius 2 is 2.00 bits per heavy atom. The Morgan fingerprint density at radius 3 is 2.85 bits per heavy atom. The minimum Gasteiger partial charge on any atom is -0.353 e. The summed E-state index contributed by atoms with van der Waals surface area (Å²) < 4.78 is 0. The van der Waals surface area contributed by atoms with Crippen LogP contribution >= 0.6 is 0 Å². The van der Waals surface area contributed by atoms with Gasteiger partial charge in [0.2, 0.25) is 0 Å². The normalized spacial score (nSPS) is 17.6. The van der Waals surface area contributed by atoms with Crippen LogP contribution in [0.25, 0.3) is 21.8 Å². The van der Waals surface area contributed by atoms with Gasteiger partial charge in [-0.3, -0.25) is 4.98 Å². The maximum Gasteiger partial charge on any atom is 0.0684 e. The molecule has 2 heteroatoms. The summed E-state index contributed by atoms with van der Waals surface area (Å²) >= 11 is 0. The van der Waals surface area contributed by atoms with Crippen LogP contribution in [0.3, 0.4) is 0 Å². The third-order valence-electron chi connectivity index (χ3n) is 4.72. The molecule has 0 aliphatic heterocycles. The number of H-pyrrole nitrogens is 1. The van der Waals surface area contributed by atoms with Gasteiger partial charge in [-0.2, -0.15) is 0 Å². The van der Waals surface area contributed by atoms with Crippen LogP contribution in [0.1, 0.15) is 37.2 Å². The summed E-state index contributed by atoms with van der Waals surface area (Å²) in [4.78, 5) is 8.46. The molecule has 0 fully saturated rings. The first-order valence-corrected chi connectivity index (χ1v) is 7.44. The maximum absolute atomic E-state index is 4.90. The average Bonchev–Trinajstić information content (AvgIpc) is 2.78. The lowest BCUT2D eigenvalue weighted by molar-refractivity contribution is 0.311. The second-order valence-electron chi connectivity index (χ2n) is 6.88. The number of rotatable bonds is 0. The first-order valence-electron chi connectivity index (χ1n) is 7.44. The summed E-state index contributed by atoms with van der Waals surface area (Å²) in [6, 6.07) is 8.61.